The number of hydrogen-bond acceptors (Lipinski definition) is 4. The monoisotopic (exact) mass is 382 g/mol. The van der Waals surface area contributed by atoms with Crippen molar-refractivity contribution in [3.63, 3.8) is 0 Å². The van der Waals surface area contributed by atoms with Crippen LogP contribution in [0.2, 0.25) is 0 Å². The van der Waals surface area contributed by atoms with Crippen LogP contribution in [0.15, 0.2) is 36.5 Å². The first-order valence-electron chi connectivity index (χ1n) is 10.2. The minimum Gasteiger partial charge on any atom is -0.356 e. The average molecular weight is 382 g/mol. The summed E-state index contributed by atoms with van der Waals surface area (Å²) in [5.41, 5.74) is 0.799. The maximum Gasteiger partial charge on any atom is 0.225 e. The molecule has 4 rings (SSSR count). The fraction of sp³-hybridized carbons (Fsp3) is 0.500. The molecule has 2 aromatic rings. The third kappa shape index (κ3) is 4.16. The molecule has 1 aromatic carbocycles. The molecule has 0 radical (unpaired) electrons. The fourth-order valence-corrected chi connectivity index (χ4v) is 4.11. The molecule has 1 aromatic heterocycles. The van der Waals surface area contributed by atoms with E-state index in [0.717, 1.165) is 69.2 Å². The highest BCUT2D eigenvalue weighted by Crippen LogP contribution is 2.26. The summed E-state index contributed by atoms with van der Waals surface area (Å²) in [6.07, 6.45) is 5.71. The van der Waals surface area contributed by atoms with Gasteiger partial charge in [-0.05, 0) is 61.9 Å². The van der Waals surface area contributed by atoms with E-state index in [1.54, 1.807) is 18.3 Å². The van der Waals surface area contributed by atoms with E-state index < -0.39 is 0 Å². The SMILES string of the molecule is CC1CCN(C(=O)C2CCN(c3ccnc(-c4ccc(F)cc4)n3)CC2)CC1. The van der Waals surface area contributed by atoms with Gasteiger partial charge in [-0.2, -0.15) is 0 Å². The highest BCUT2D eigenvalue weighted by Gasteiger charge is 2.30. The Labute approximate surface area is 165 Å². The predicted octanol–water partition coefficient (Wildman–Crippen LogP) is 3.76. The smallest absolute Gasteiger partial charge is 0.225 e. The lowest BCUT2D eigenvalue weighted by Crippen LogP contribution is -2.45. The largest absolute Gasteiger partial charge is 0.356 e. The number of carbonyl (C=O) groups excluding carboxylic acids is 1. The minimum absolute atomic E-state index is 0.128. The molecular formula is C22H27FN4O. The number of rotatable bonds is 3. The van der Waals surface area contributed by atoms with E-state index in [-0.39, 0.29) is 11.7 Å². The Balaban J connectivity index is 1.38. The van der Waals surface area contributed by atoms with Gasteiger partial charge in [0, 0.05) is 43.9 Å². The Morgan fingerprint density at radius 1 is 1.00 bits per heavy atom. The number of amides is 1. The first kappa shape index (κ1) is 18.8. The zero-order valence-corrected chi connectivity index (χ0v) is 16.4. The maximum absolute atomic E-state index is 13.1. The normalized spacial score (nSPS) is 19.1. The summed E-state index contributed by atoms with van der Waals surface area (Å²) in [6.45, 7) is 5.73. The molecule has 0 aliphatic carbocycles. The van der Waals surface area contributed by atoms with Crippen molar-refractivity contribution in [2.75, 3.05) is 31.1 Å². The quantitative estimate of drug-likeness (QED) is 0.811. The minimum atomic E-state index is -0.269. The van der Waals surface area contributed by atoms with Gasteiger partial charge in [-0.3, -0.25) is 4.79 Å². The summed E-state index contributed by atoms with van der Waals surface area (Å²) in [4.78, 5) is 26.1. The van der Waals surface area contributed by atoms with Crippen molar-refractivity contribution in [1.29, 1.82) is 0 Å². The molecule has 148 valence electrons. The number of nitrogens with zero attached hydrogens (tertiary/aromatic N) is 4. The second-order valence-electron chi connectivity index (χ2n) is 8.01. The second kappa shape index (κ2) is 8.25. The standard InChI is InChI=1S/C22H27FN4O/c1-16-7-12-27(13-8-16)22(28)18-9-14-26(15-10-18)20-6-11-24-21(25-20)17-2-4-19(23)5-3-17/h2-6,11,16,18H,7-10,12-15H2,1H3. The van der Waals surface area contributed by atoms with Crippen molar-refractivity contribution < 1.29 is 9.18 Å². The van der Waals surface area contributed by atoms with Crippen LogP contribution in [-0.4, -0.2) is 47.0 Å². The van der Waals surface area contributed by atoms with Crippen LogP contribution in [0.4, 0.5) is 10.2 Å². The average Bonchev–Trinajstić information content (AvgIpc) is 2.74. The van der Waals surface area contributed by atoms with Crippen LogP contribution in [0.1, 0.15) is 32.6 Å². The Morgan fingerprint density at radius 3 is 2.36 bits per heavy atom. The molecule has 6 heteroatoms. The van der Waals surface area contributed by atoms with E-state index in [2.05, 4.69) is 26.7 Å². The molecule has 0 unspecified atom stereocenters. The molecule has 2 aliphatic rings. The van der Waals surface area contributed by atoms with Gasteiger partial charge in [-0.1, -0.05) is 6.92 Å². The van der Waals surface area contributed by atoms with Crippen molar-refractivity contribution in [3.8, 4) is 11.4 Å². The van der Waals surface area contributed by atoms with E-state index in [4.69, 9.17) is 0 Å². The van der Waals surface area contributed by atoms with Crippen LogP contribution >= 0.6 is 0 Å². The van der Waals surface area contributed by atoms with Crippen molar-refractivity contribution in [2.24, 2.45) is 11.8 Å². The van der Waals surface area contributed by atoms with Gasteiger partial charge in [0.1, 0.15) is 11.6 Å². The number of aromatic nitrogens is 2. The van der Waals surface area contributed by atoms with E-state index in [1.165, 1.54) is 12.1 Å². The molecule has 1 amide bonds. The lowest BCUT2D eigenvalue weighted by Gasteiger charge is -2.37. The third-order valence-corrected chi connectivity index (χ3v) is 6.01. The molecular weight excluding hydrogens is 355 g/mol. The summed E-state index contributed by atoms with van der Waals surface area (Å²) in [7, 11) is 0. The van der Waals surface area contributed by atoms with Crippen molar-refractivity contribution in [3.05, 3.63) is 42.3 Å². The molecule has 0 bridgehead atoms. The van der Waals surface area contributed by atoms with Crippen LogP contribution in [0.3, 0.4) is 0 Å². The molecule has 5 nitrogen and oxygen atoms in total. The topological polar surface area (TPSA) is 49.3 Å². The van der Waals surface area contributed by atoms with Gasteiger partial charge in [-0.25, -0.2) is 14.4 Å². The Morgan fingerprint density at radius 2 is 1.68 bits per heavy atom. The molecule has 0 saturated carbocycles. The number of piperidine rings is 2. The van der Waals surface area contributed by atoms with Gasteiger partial charge < -0.3 is 9.80 Å². The molecule has 2 fully saturated rings. The summed E-state index contributed by atoms with van der Waals surface area (Å²) in [6, 6.07) is 8.13. The number of halogens is 1. The molecule has 0 spiro atoms. The first-order chi connectivity index (χ1) is 13.6. The van der Waals surface area contributed by atoms with Gasteiger partial charge in [0.2, 0.25) is 5.91 Å². The van der Waals surface area contributed by atoms with E-state index in [9.17, 15) is 9.18 Å². The van der Waals surface area contributed by atoms with Gasteiger partial charge in [0.25, 0.3) is 0 Å². The highest BCUT2D eigenvalue weighted by atomic mass is 19.1. The highest BCUT2D eigenvalue weighted by molar-refractivity contribution is 5.79. The number of likely N-dealkylation sites (tertiary alicyclic amines) is 1. The van der Waals surface area contributed by atoms with Crippen LogP contribution in [-0.2, 0) is 4.79 Å². The van der Waals surface area contributed by atoms with Gasteiger partial charge in [0.05, 0.1) is 0 Å². The summed E-state index contributed by atoms with van der Waals surface area (Å²) in [5.74, 6) is 2.39. The molecule has 2 saturated heterocycles. The number of hydrogen-bond donors (Lipinski definition) is 0. The maximum atomic E-state index is 13.1. The van der Waals surface area contributed by atoms with E-state index in [1.807, 2.05) is 6.07 Å². The molecule has 2 aliphatic heterocycles. The van der Waals surface area contributed by atoms with Gasteiger partial charge in [-0.15, -0.1) is 0 Å². The number of anilines is 1. The van der Waals surface area contributed by atoms with Crippen LogP contribution < -0.4 is 4.90 Å². The van der Waals surface area contributed by atoms with Gasteiger partial charge in [0.15, 0.2) is 5.82 Å². The number of benzene rings is 1. The molecule has 3 heterocycles. The molecule has 0 atom stereocenters. The Bertz CT molecular complexity index is 810. The van der Waals surface area contributed by atoms with E-state index >= 15 is 0 Å². The van der Waals surface area contributed by atoms with Crippen LogP contribution in [0, 0.1) is 17.7 Å². The summed E-state index contributed by atoms with van der Waals surface area (Å²) >= 11 is 0. The van der Waals surface area contributed by atoms with Crippen molar-refractivity contribution in [2.45, 2.75) is 32.6 Å². The summed E-state index contributed by atoms with van der Waals surface area (Å²) in [5, 5.41) is 0. The number of carbonyl (C=O) groups is 1. The Kier molecular flexibility index (Phi) is 5.55. The lowest BCUT2D eigenvalue weighted by atomic mass is 9.92. The third-order valence-electron chi connectivity index (χ3n) is 6.01. The summed E-state index contributed by atoms with van der Waals surface area (Å²) < 4.78 is 13.1. The second-order valence-corrected chi connectivity index (χ2v) is 8.01. The fourth-order valence-electron chi connectivity index (χ4n) is 4.11. The van der Waals surface area contributed by atoms with Gasteiger partial charge >= 0.3 is 0 Å². The zero-order chi connectivity index (χ0) is 19.5. The predicted molar refractivity (Wildman–Crippen MR) is 107 cm³/mol. The Hall–Kier alpha value is -2.50. The van der Waals surface area contributed by atoms with Crippen molar-refractivity contribution in [1.82, 2.24) is 14.9 Å². The zero-order valence-electron chi connectivity index (χ0n) is 16.4. The van der Waals surface area contributed by atoms with Crippen LogP contribution in [0.25, 0.3) is 11.4 Å². The molecule has 0 N–H and O–H groups in total. The van der Waals surface area contributed by atoms with Crippen LogP contribution in [0.5, 0.6) is 0 Å². The van der Waals surface area contributed by atoms with Crippen molar-refractivity contribution >= 4 is 11.7 Å². The first-order valence-corrected chi connectivity index (χ1v) is 10.2. The molecule has 28 heavy (non-hydrogen) atoms. The lowest BCUT2D eigenvalue weighted by molar-refractivity contribution is -0.137. The van der Waals surface area contributed by atoms with E-state index in [0.29, 0.717) is 11.7 Å².